The summed E-state index contributed by atoms with van der Waals surface area (Å²) in [7, 11) is 2.01. The van der Waals surface area contributed by atoms with E-state index in [0.29, 0.717) is 6.54 Å². The molecular weight excluding hydrogens is 290 g/mol. The third-order valence-electron chi connectivity index (χ3n) is 5.35. The molecule has 1 aromatic heterocycles. The van der Waals surface area contributed by atoms with E-state index in [2.05, 4.69) is 25.8 Å². The summed E-state index contributed by atoms with van der Waals surface area (Å²) in [6, 6.07) is 2.12. The molecular formula is C17H25N5O. The van der Waals surface area contributed by atoms with Gasteiger partial charge in [0.15, 0.2) is 0 Å². The lowest BCUT2D eigenvalue weighted by Crippen LogP contribution is -2.55. The SMILES string of the molecule is C[C@H](C(=O)NC1(C#N)CCCCC1)N1CCc2c(ncn2C)C1. The Bertz CT molecular complexity index is 623. The van der Waals surface area contributed by atoms with Crippen LogP contribution in [-0.4, -0.2) is 38.5 Å². The Labute approximate surface area is 137 Å². The second kappa shape index (κ2) is 6.32. The number of carbonyl (C=O) groups is 1. The Morgan fingerprint density at radius 2 is 2.17 bits per heavy atom. The molecule has 124 valence electrons. The summed E-state index contributed by atoms with van der Waals surface area (Å²) >= 11 is 0. The predicted molar refractivity (Wildman–Crippen MR) is 86.4 cm³/mol. The van der Waals surface area contributed by atoms with Crippen LogP contribution in [0.1, 0.15) is 50.4 Å². The van der Waals surface area contributed by atoms with E-state index in [1.54, 1.807) is 0 Å². The number of hydrogen-bond acceptors (Lipinski definition) is 4. The largest absolute Gasteiger partial charge is 0.337 e. The molecule has 0 aromatic carbocycles. The fourth-order valence-corrected chi connectivity index (χ4v) is 3.73. The first kappa shape index (κ1) is 16.0. The molecule has 1 aliphatic heterocycles. The first-order valence-corrected chi connectivity index (χ1v) is 8.51. The monoisotopic (exact) mass is 315 g/mol. The number of nitriles is 1. The van der Waals surface area contributed by atoms with Crippen LogP contribution in [0.5, 0.6) is 0 Å². The van der Waals surface area contributed by atoms with Crippen LogP contribution in [0.2, 0.25) is 0 Å². The minimum atomic E-state index is -0.657. The van der Waals surface area contributed by atoms with E-state index in [4.69, 9.17) is 0 Å². The molecule has 2 heterocycles. The number of amides is 1. The molecule has 6 nitrogen and oxygen atoms in total. The van der Waals surface area contributed by atoms with Gasteiger partial charge in [-0.3, -0.25) is 9.69 Å². The average molecular weight is 315 g/mol. The van der Waals surface area contributed by atoms with E-state index in [9.17, 15) is 10.1 Å². The number of rotatable bonds is 3. The maximum Gasteiger partial charge on any atom is 0.238 e. The number of aromatic nitrogens is 2. The van der Waals surface area contributed by atoms with Crippen LogP contribution in [0.4, 0.5) is 0 Å². The van der Waals surface area contributed by atoms with Crippen LogP contribution in [0, 0.1) is 11.3 Å². The fourth-order valence-electron chi connectivity index (χ4n) is 3.73. The minimum Gasteiger partial charge on any atom is -0.337 e. The number of aryl methyl sites for hydroxylation is 1. The number of carbonyl (C=O) groups excluding carboxylic acids is 1. The number of fused-ring (bicyclic) bond motifs is 1. The van der Waals surface area contributed by atoms with Crippen molar-refractivity contribution in [3.63, 3.8) is 0 Å². The molecule has 23 heavy (non-hydrogen) atoms. The van der Waals surface area contributed by atoms with Crippen molar-refractivity contribution in [3.05, 3.63) is 17.7 Å². The van der Waals surface area contributed by atoms with E-state index >= 15 is 0 Å². The van der Waals surface area contributed by atoms with Gasteiger partial charge in [-0.2, -0.15) is 5.26 Å². The van der Waals surface area contributed by atoms with Crippen LogP contribution in [0.25, 0.3) is 0 Å². The molecule has 6 heteroatoms. The lowest BCUT2D eigenvalue weighted by atomic mass is 9.82. The first-order valence-electron chi connectivity index (χ1n) is 8.51. The van der Waals surface area contributed by atoms with Crippen molar-refractivity contribution in [2.24, 2.45) is 7.05 Å². The van der Waals surface area contributed by atoms with Gasteiger partial charge in [0.25, 0.3) is 0 Å². The number of hydrogen-bond donors (Lipinski definition) is 1. The molecule has 3 rings (SSSR count). The van der Waals surface area contributed by atoms with Gasteiger partial charge in [-0.25, -0.2) is 4.98 Å². The second-order valence-electron chi connectivity index (χ2n) is 6.89. The van der Waals surface area contributed by atoms with Gasteiger partial charge in [0, 0.05) is 32.3 Å². The van der Waals surface area contributed by atoms with Crippen molar-refractivity contribution in [3.8, 4) is 6.07 Å². The van der Waals surface area contributed by atoms with Crippen molar-refractivity contribution >= 4 is 5.91 Å². The molecule has 1 saturated carbocycles. The lowest BCUT2D eigenvalue weighted by molar-refractivity contribution is -0.128. The molecule has 1 aliphatic carbocycles. The van der Waals surface area contributed by atoms with E-state index in [-0.39, 0.29) is 11.9 Å². The molecule has 1 fully saturated rings. The highest BCUT2D eigenvalue weighted by Crippen LogP contribution is 2.28. The summed E-state index contributed by atoms with van der Waals surface area (Å²) in [4.78, 5) is 19.2. The molecule has 2 aliphatic rings. The van der Waals surface area contributed by atoms with Crippen LogP contribution in [0.3, 0.4) is 0 Å². The summed E-state index contributed by atoms with van der Waals surface area (Å²) in [5, 5.41) is 12.6. The molecule has 0 spiro atoms. The van der Waals surface area contributed by atoms with Crippen molar-refractivity contribution in [2.45, 2.75) is 63.6 Å². The normalized spacial score (nSPS) is 22.0. The summed E-state index contributed by atoms with van der Waals surface area (Å²) in [6.07, 6.45) is 7.48. The molecule has 0 unspecified atom stereocenters. The molecule has 0 radical (unpaired) electrons. The second-order valence-corrected chi connectivity index (χ2v) is 6.89. The summed E-state index contributed by atoms with van der Waals surface area (Å²) in [5.74, 6) is -0.0344. The maximum absolute atomic E-state index is 12.7. The highest BCUT2D eigenvalue weighted by Gasteiger charge is 2.36. The zero-order valence-corrected chi connectivity index (χ0v) is 14.0. The zero-order valence-electron chi connectivity index (χ0n) is 14.0. The quantitative estimate of drug-likeness (QED) is 0.917. The van der Waals surface area contributed by atoms with Crippen molar-refractivity contribution < 1.29 is 4.79 Å². The molecule has 0 saturated heterocycles. The van der Waals surface area contributed by atoms with Crippen LogP contribution >= 0.6 is 0 Å². The highest BCUT2D eigenvalue weighted by atomic mass is 16.2. The molecule has 1 amide bonds. The van der Waals surface area contributed by atoms with Crippen molar-refractivity contribution in [1.82, 2.24) is 19.8 Å². The third-order valence-corrected chi connectivity index (χ3v) is 5.35. The van der Waals surface area contributed by atoms with E-state index in [1.807, 2.05) is 20.3 Å². The van der Waals surface area contributed by atoms with Gasteiger partial charge in [0.2, 0.25) is 5.91 Å². The molecule has 1 aromatic rings. The summed E-state index contributed by atoms with van der Waals surface area (Å²) in [5.41, 5.74) is 1.66. The number of imidazole rings is 1. The minimum absolute atomic E-state index is 0.0344. The first-order chi connectivity index (χ1) is 11.0. The number of nitrogens with one attached hydrogen (secondary N) is 1. The molecule has 1 atom stereocenters. The van der Waals surface area contributed by atoms with Gasteiger partial charge >= 0.3 is 0 Å². The maximum atomic E-state index is 12.7. The van der Waals surface area contributed by atoms with E-state index < -0.39 is 5.54 Å². The predicted octanol–water partition coefficient (Wildman–Crippen LogP) is 1.51. The third kappa shape index (κ3) is 3.11. The zero-order chi connectivity index (χ0) is 16.4. The van der Waals surface area contributed by atoms with Gasteiger partial charge in [-0.1, -0.05) is 19.3 Å². The van der Waals surface area contributed by atoms with Gasteiger partial charge in [-0.15, -0.1) is 0 Å². The Hall–Kier alpha value is -1.87. The van der Waals surface area contributed by atoms with Crippen molar-refractivity contribution in [1.29, 1.82) is 5.26 Å². The van der Waals surface area contributed by atoms with Crippen LogP contribution < -0.4 is 5.32 Å². The van der Waals surface area contributed by atoms with E-state index in [1.165, 1.54) is 5.69 Å². The fraction of sp³-hybridized carbons (Fsp3) is 0.706. The molecule has 1 N–H and O–H groups in total. The van der Waals surface area contributed by atoms with Gasteiger partial charge in [0.05, 0.1) is 24.1 Å². The van der Waals surface area contributed by atoms with E-state index in [0.717, 1.165) is 50.8 Å². The van der Waals surface area contributed by atoms with Crippen molar-refractivity contribution in [2.75, 3.05) is 6.54 Å². The Morgan fingerprint density at radius 1 is 1.43 bits per heavy atom. The summed E-state index contributed by atoms with van der Waals surface area (Å²) in [6.45, 7) is 3.47. The smallest absolute Gasteiger partial charge is 0.238 e. The average Bonchev–Trinajstić information content (AvgIpc) is 2.95. The van der Waals surface area contributed by atoms with Gasteiger partial charge < -0.3 is 9.88 Å². The van der Waals surface area contributed by atoms with Gasteiger partial charge in [0.1, 0.15) is 5.54 Å². The highest BCUT2D eigenvalue weighted by molar-refractivity contribution is 5.82. The Morgan fingerprint density at radius 3 is 2.87 bits per heavy atom. The number of nitrogens with zero attached hydrogens (tertiary/aromatic N) is 4. The standard InChI is InChI=1S/C17H25N5O/c1-13(16(23)20-17(11-18)7-4-3-5-8-17)22-9-6-15-14(10-22)19-12-21(15)2/h12-13H,3-10H2,1-2H3,(H,20,23)/t13-/m1/s1. The Balaban J connectivity index is 1.65. The van der Waals surface area contributed by atoms with Crippen LogP contribution in [-0.2, 0) is 24.8 Å². The topological polar surface area (TPSA) is 74.0 Å². The molecule has 0 bridgehead atoms. The van der Waals surface area contributed by atoms with Gasteiger partial charge in [-0.05, 0) is 19.8 Å². The van der Waals surface area contributed by atoms with Crippen LogP contribution in [0.15, 0.2) is 6.33 Å². The Kier molecular flexibility index (Phi) is 4.40. The summed E-state index contributed by atoms with van der Waals surface area (Å²) < 4.78 is 2.06. The lowest BCUT2D eigenvalue weighted by Gasteiger charge is -2.36.